The summed E-state index contributed by atoms with van der Waals surface area (Å²) in [5.74, 6) is -0.336. The Morgan fingerprint density at radius 2 is 1.82 bits per heavy atom. The molecule has 3 rings (SSSR count). The maximum absolute atomic E-state index is 12.3. The summed E-state index contributed by atoms with van der Waals surface area (Å²) in [5.41, 5.74) is 1.86. The average Bonchev–Trinajstić information content (AvgIpc) is 2.69. The molecule has 0 atom stereocenters. The van der Waals surface area contributed by atoms with Crippen LogP contribution in [0.15, 0.2) is 60.9 Å². The Kier molecular flexibility index (Phi) is 6.18. The summed E-state index contributed by atoms with van der Waals surface area (Å²) in [6.45, 7) is 2.04. The van der Waals surface area contributed by atoms with Crippen molar-refractivity contribution in [3.8, 4) is 0 Å². The summed E-state index contributed by atoms with van der Waals surface area (Å²) in [7, 11) is 0. The van der Waals surface area contributed by atoms with Gasteiger partial charge in [0.25, 0.3) is 5.91 Å². The van der Waals surface area contributed by atoms with E-state index in [9.17, 15) is 9.59 Å². The van der Waals surface area contributed by atoms with E-state index in [2.05, 4.69) is 20.6 Å². The molecule has 7 nitrogen and oxygen atoms in total. The topological polar surface area (TPSA) is 93.2 Å². The number of halogens is 1. The second kappa shape index (κ2) is 8.96. The molecule has 8 heteroatoms. The van der Waals surface area contributed by atoms with Crippen molar-refractivity contribution < 1.29 is 14.3 Å². The van der Waals surface area contributed by atoms with E-state index in [1.807, 2.05) is 12.1 Å². The highest BCUT2D eigenvalue weighted by atomic mass is 35.5. The number of ether oxygens (including phenoxy) is 1. The van der Waals surface area contributed by atoms with Crippen LogP contribution in [0.2, 0.25) is 5.02 Å². The molecule has 28 heavy (non-hydrogen) atoms. The smallest absolute Gasteiger partial charge is 0.338 e. The highest BCUT2D eigenvalue weighted by Gasteiger charge is 2.10. The largest absolute Gasteiger partial charge is 0.462 e. The van der Waals surface area contributed by atoms with E-state index in [1.54, 1.807) is 43.3 Å². The predicted octanol–water partition coefficient (Wildman–Crippen LogP) is 4.30. The summed E-state index contributed by atoms with van der Waals surface area (Å²) < 4.78 is 4.92. The molecule has 1 heterocycles. The molecule has 1 aromatic heterocycles. The number of esters is 1. The second-order valence-corrected chi connectivity index (χ2v) is 6.11. The summed E-state index contributed by atoms with van der Waals surface area (Å²) in [5, 5.41) is 6.36. The van der Waals surface area contributed by atoms with Gasteiger partial charge in [0.05, 0.1) is 24.6 Å². The van der Waals surface area contributed by atoms with Crippen molar-refractivity contribution in [1.82, 2.24) is 9.97 Å². The molecule has 0 aliphatic rings. The third kappa shape index (κ3) is 5.05. The molecule has 0 unspecified atom stereocenters. The van der Waals surface area contributed by atoms with Crippen LogP contribution in [0.4, 0.5) is 17.2 Å². The van der Waals surface area contributed by atoms with E-state index in [0.717, 1.165) is 5.69 Å². The van der Waals surface area contributed by atoms with Gasteiger partial charge in [0.2, 0.25) is 0 Å². The van der Waals surface area contributed by atoms with E-state index < -0.39 is 11.9 Å². The first kappa shape index (κ1) is 19.3. The minimum Gasteiger partial charge on any atom is -0.462 e. The van der Waals surface area contributed by atoms with E-state index in [-0.39, 0.29) is 5.69 Å². The quantitative estimate of drug-likeness (QED) is 0.603. The fraction of sp³-hybridized carbons (Fsp3) is 0.100. The first-order valence-corrected chi connectivity index (χ1v) is 8.86. The van der Waals surface area contributed by atoms with E-state index in [0.29, 0.717) is 28.7 Å². The molecule has 0 radical (unpaired) electrons. The SMILES string of the molecule is CCOC(=O)c1ccc(NC(=O)c2cnc(Nc3cccc(Cl)c3)cn2)cc1. The number of rotatable bonds is 6. The predicted molar refractivity (Wildman–Crippen MR) is 107 cm³/mol. The molecule has 0 saturated carbocycles. The van der Waals surface area contributed by atoms with Gasteiger partial charge >= 0.3 is 5.97 Å². The number of benzene rings is 2. The number of aromatic nitrogens is 2. The van der Waals surface area contributed by atoms with Gasteiger partial charge in [-0.2, -0.15) is 0 Å². The summed E-state index contributed by atoms with van der Waals surface area (Å²) in [6, 6.07) is 13.6. The molecule has 3 aromatic rings. The van der Waals surface area contributed by atoms with E-state index in [4.69, 9.17) is 16.3 Å². The van der Waals surface area contributed by atoms with Crippen molar-refractivity contribution in [2.75, 3.05) is 17.2 Å². The number of amides is 1. The van der Waals surface area contributed by atoms with Gasteiger partial charge in [-0.25, -0.2) is 14.8 Å². The first-order chi connectivity index (χ1) is 13.5. The minimum atomic E-state index is -0.411. The van der Waals surface area contributed by atoms with Gasteiger partial charge in [-0.05, 0) is 49.4 Å². The Bertz CT molecular complexity index is 976. The average molecular weight is 397 g/mol. The van der Waals surface area contributed by atoms with Crippen molar-refractivity contribution in [3.05, 3.63) is 77.2 Å². The van der Waals surface area contributed by atoms with Gasteiger partial charge in [0, 0.05) is 16.4 Å². The zero-order valence-corrected chi connectivity index (χ0v) is 15.7. The van der Waals surface area contributed by atoms with Gasteiger partial charge in [0.1, 0.15) is 11.5 Å². The lowest BCUT2D eigenvalue weighted by Gasteiger charge is -2.08. The molecule has 2 aromatic carbocycles. The van der Waals surface area contributed by atoms with Crippen LogP contribution in [0, 0.1) is 0 Å². The lowest BCUT2D eigenvalue weighted by Crippen LogP contribution is -2.14. The molecule has 0 fully saturated rings. The fourth-order valence-corrected chi connectivity index (χ4v) is 2.51. The normalized spacial score (nSPS) is 10.2. The minimum absolute atomic E-state index is 0.158. The Labute approximate surface area is 166 Å². The fourth-order valence-electron chi connectivity index (χ4n) is 2.32. The van der Waals surface area contributed by atoms with Crippen molar-refractivity contribution in [3.63, 3.8) is 0 Å². The van der Waals surface area contributed by atoms with Crippen molar-refractivity contribution in [1.29, 1.82) is 0 Å². The molecule has 0 saturated heterocycles. The van der Waals surface area contributed by atoms with Crippen LogP contribution in [-0.4, -0.2) is 28.5 Å². The van der Waals surface area contributed by atoms with Crippen molar-refractivity contribution in [2.45, 2.75) is 6.92 Å². The summed E-state index contributed by atoms with van der Waals surface area (Å²) in [4.78, 5) is 32.3. The van der Waals surface area contributed by atoms with E-state index >= 15 is 0 Å². The molecule has 0 aliphatic carbocycles. The van der Waals surface area contributed by atoms with Crippen LogP contribution in [0.3, 0.4) is 0 Å². The van der Waals surface area contributed by atoms with Gasteiger partial charge in [-0.1, -0.05) is 17.7 Å². The van der Waals surface area contributed by atoms with Gasteiger partial charge < -0.3 is 15.4 Å². The Hall–Kier alpha value is -3.45. The van der Waals surface area contributed by atoms with Crippen LogP contribution in [0.25, 0.3) is 0 Å². The Morgan fingerprint density at radius 1 is 1.04 bits per heavy atom. The standard InChI is InChI=1S/C20H17ClN4O3/c1-2-28-20(27)13-6-8-15(9-7-13)25-19(26)17-11-23-18(12-22-17)24-16-5-3-4-14(21)10-16/h3-12H,2H2,1H3,(H,23,24)(H,25,26). The van der Waals surface area contributed by atoms with Crippen LogP contribution < -0.4 is 10.6 Å². The molecule has 0 spiro atoms. The van der Waals surface area contributed by atoms with Gasteiger partial charge in [0.15, 0.2) is 0 Å². The zero-order chi connectivity index (χ0) is 19.9. The Balaban J connectivity index is 1.62. The molecule has 0 aliphatic heterocycles. The first-order valence-electron chi connectivity index (χ1n) is 8.48. The van der Waals surface area contributed by atoms with Gasteiger partial charge in [-0.15, -0.1) is 0 Å². The lowest BCUT2D eigenvalue weighted by atomic mass is 10.2. The van der Waals surface area contributed by atoms with E-state index in [1.165, 1.54) is 12.4 Å². The molecule has 1 amide bonds. The number of anilines is 3. The van der Waals surface area contributed by atoms with Crippen molar-refractivity contribution in [2.24, 2.45) is 0 Å². The molecule has 142 valence electrons. The molecular formula is C20H17ClN4O3. The summed E-state index contributed by atoms with van der Waals surface area (Å²) in [6.07, 6.45) is 2.83. The number of nitrogens with one attached hydrogen (secondary N) is 2. The van der Waals surface area contributed by atoms with Crippen molar-refractivity contribution >= 4 is 40.7 Å². The Morgan fingerprint density at radius 3 is 2.46 bits per heavy atom. The highest BCUT2D eigenvalue weighted by Crippen LogP contribution is 2.18. The van der Waals surface area contributed by atoms with Crippen LogP contribution >= 0.6 is 11.6 Å². The number of carbonyl (C=O) groups is 2. The number of hydrogen-bond donors (Lipinski definition) is 2. The molecular weight excluding hydrogens is 380 g/mol. The summed E-state index contributed by atoms with van der Waals surface area (Å²) >= 11 is 5.94. The number of carbonyl (C=O) groups excluding carboxylic acids is 2. The third-order valence-electron chi connectivity index (χ3n) is 3.64. The van der Waals surface area contributed by atoms with Gasteiger partial charge in [-0.3, -0.25) is 4.79 Å². The lowest BCUT2D eigenvalue weighted by molar-refractivity contribution is 0.0526. The zero-order valence-electron chi connectivity index (χ0n) is 15.0. The number of nitrogens with zero attached hydrogens (tertiary/aromatic N) is 2. The second-order valence-electron chi connectivity index (χ2n) is 5.67. The number of hydrogen-bond acceptors (Lipinski definition) is 6. The monoisotopic (exact) mass is 396 g/mol. The van der Waals surface area contributed by atoms with Crippen LogP contribution in [-0.2, 0) is 4.74 Å². The molecule has 0 bridgehead atoms. The third-order valence-corrected chi connectivity index (χ3v) is 3.87. The molecule has 2 N–H and O–H groups in total. The van der Waals surface area contributed by atoms with Crippen LogP contribution in [0.5, 0.6) is 0 Å². The maximum atomic E-state index is 12.3. The highest BCUT2D eigenvalue weighted by molar-refractivity contribution is 6.30. The van der Waals surface area contributed by atoms with Crippen LogP contribution in [0.1, 0.15) is 27.8 Å². The maximum Gasteiger partial charge on any atom is 0.338 e.